The third-order valence-corrected chi connectivity index (χ3v) is 21.8. The molecule has 3 saturated carbocycles. The van der Waals surface area contributed by atoms with Crippen molar-refractivity contribution in [3.63, 3.8) is 0 Å². The number of hydrogen-bond acceptors (Lipinski definition) is 6. The van der Waals surface area contributed by atoms with Gasteiger partial charge in [0.05, 0.1) is 18.2 Å². The fourth-order valence-electron chi connectivity index (χ4n) is 15.7. The van der Waals surface area contributed by atoms with Crippen molar-refractivity contribution in [3.8, 4) is 0 Å². The van der Waals surface area contributed by atoms with Crippen molar-refractivity contribution >= 4 is 20.0 Å². The first kappa shape index (κ1) is 49.0. The molecule has 0 bridgehead atoms. The maximum Gasteiger partial charge on any atom is 0.534 e. The Balaban J connectivity index is 1.07. The van der Waals surface area contributed by atoms with Gasteiger partial charge < -0.3 is 9.08 Å². The average molecular weight is 946 g/mol. The number of alkyl halides is 4. The van der Waals surface area contributed by atoms with E-state index in [2.05, 4.69) is 63.8 Å². The lowest BCUT2D eigenvalue weighted by atomic mass is 9.33. The van der Waals surface area contributed by atoms with Crippen LogP contribution in [-0.2, 0) is 30.6 Å². The van der Waals surface area contributed by atoms with E-state index in [9.17, 15) is 34.4 Å². The highest BCUT2D eigenvalue weighted by molar-refractivity contribution is 7.91. The maximum absolute atomic E-state index is 14.9. The average Bonchev–Trinajstić information content (AvgIpc) is 3.55. The van der Waals surface area contributed by atoms with Crippen molar-refractivity contribution in [1.29, 1.82) is 0 Å². The number of fused-ring (bicyclic) bond motifs is 7. The van der Waals surface area contributed by atoms with Gasteiger partial charge >= 0.3 is 15.6 Å². The molecule has 362 valence electrons. The molecule has 0 aromatic heterocycles. The first-order valence-corrected chi connectivity index (χ1v) is 28.0. The van der Waals surface area contributed by atoms with Gasteiger partial charge in [0.2, 0.25) is 0 Å². The van der Waals surface area contributed by atoms with Crippen LogP contribution in [0.3, 0.4) is 0 Å². The number of rotatable bonds is 13. The van der Waals surface area contributed by atoms with Gasteiger partial charge in [-0.15, -0.1) is 0 Å². The SMILES string of the molecule is CC(C)C1=C2[C@H]3CC[C@@H]4[C@@]5(C)CC=C(C6=CC[C@](CF)(Cc7ccccc7)CC6)C(C)(C)[C@@H]5CC[C@@]4(C)[C@]3(C)CC[C@@]2(CCCCCN2CCS(=O)(=O)CC2)C=C1OS(=O)(=O)C(F)(F)F. The predicted molar refractivity (Wildman–Crippen MR) is 251 cm³/mol. The molecule has 6 aliphatic carbocycles. The smallest absolute Gasteiger partial charge is 0.376 e. The number of hydrogen-bond donors (Lipinski definition) is 0. The second-order valence-corrected chi connectivity index (χ2v) is 27.2. The van der Waals surface area contributed by atoms with E-state index < -0.39 is 30.9 Å². The van der Waals surface area contributed by atoms with Gasteiger partial charge in [-0.05, 0) is 169 Å². The number of unbranched alkanes of at least 4 members (excludes halogenated alkanes) is 2. The van der Waals surface area contributed by atoms with Crippen LogP contribution in [0.5, 0.6) is 0 Å². The zero-order chi connectivity index (χ0) is 47.1. The van der Waals surface area contributed by atoms with E-state index in [4.69, 9.17) is 4.18 Å². The van der Waals surface area contributed by atoms with Crippen LogP contribution in [0.25, 0.3) is 0 Å². The van der Waals surface area contributed by atoms with E-state index >= 15 is 0 Å². The van der Waals surface area contributed by atoms with E-state index in [-0.39, 0.29) is 62.9 Å². The Labute approximate surface area is 388 Å². The lowest BCUT2D eigenvalue weighted by molar-refractivity contribution is -0.197. The molecule has 7 aliphatic rings. The molecule has 0 unspecified atom stereocenters. The minimum atomic E-state index is -5.89. The highest BCUT2D eigenvalue weighted by atomic mass is 32.2. The molecule has 1 aliphatic heterocycles. The van der Waals surface area contributed by atoms with Gasteiger partial charge in [-0.3, -0.25) is 4.39 Å². The van der Waals surface area contributed by atoms with Gasteiger partial charge in [0.25, 0.3) is 0 Å². The van der Waals surface area contributed by atoms with Crippen molar-refractivity contribution in [2.45, 2.75) is 150 Å². The number of sulfone groups is 1. The first-order valence-electron chi connectivity index (χ1n) is 24.8. The fourth-order valence-corrected chi connectivity index (χ4v) is 17.4. The third kappa shape index (κ3) is 8.47. The van der Waals surface area contributed by atoms with Gasteiger partial charge in [-0.2, -0.15) is 21.6 Å². The summed E-state index contributed by atoms with van der Waals surface area (Å²) in [5.41, 5.74) is -0.937. The molecule has 1 heterocycles. The maximum atomic E-state index is 14.9. The summed E-state index contributed by atoms with van der Waals surface area (Å²) >= 11 is 0. The molecule has 8 atom stereocenters. The zero-order valence-electron chi connectivity index (χ0n) is 40.1. The molecule has 1 aromatic carbocycles. The van der Waals surface area contributed by atoms with E-state index in [0.29, 0.717) is 36.9 Å². The van der Waals surface area contributed by atoms with E-state index in [1.807, 2.05) is 32.0 Å². The Hall–Kier alpha value is -2.44. The summed E-state index contributed by atoms with van der Waals surface area (Å²) < 4.78 is 111. The summed E-state index contributed by atoms with van der Waals surface area (Å²) in [4.78, 5) is 2.20. The second kappa shape index (κ2) is 17.2. The standard InChI is InChI=1S/C53H75F4NO5S2/c1-37(2)45-42(63-65(61,62)53(55,56)57)35-52(22-12-9-13-29-58-30-32-64(59,60)33-31-58)28-27-49(6)41(46(45)52)16-17-44-48(5)23-20-40(47(3,4)43(48)21-24-50(44,49)7)39-18-25-51(36-54,26-19-39)34-38-14-10-8-11-15-38/h8,10-11,14-15,18,20,35,37,41,43-44H,9,12-13,16-17,19,21-34,36H2,1-7H3/t41-,43+,44-,48+,49-,50-,51-,52+/m1/s1. The Morgan fingerprint density at radius 3 is 2.18 bits per heavy atom. The van der Waals surface area contributed by atoms with Crippen LogP contribution in [-0.4, -0.2) is 65.1 Å². The largest absolute Gasteiger partial charge is 0.534 e. The van der Waals surface area contributed by atoms with Crippen LogP contribution < -0.4 is 0 Å². The zero-order valence-corrected chi connectivity index (χ0v) is 41.7. The molecule has 1 saturated heterocycles. The first-order chi connectivity index (χ1) is 30.4. The van der Waals surface area contributed by atoms with Crippen LogP contribution in [0.4, 0.5) is 17.6 Å². The van der Waals surface area contributed by atoms with Crippen LogP contribution in [0.1, 0.15) is 144 Å². The van der Waals surface area contributed by atoms with Crippen LogP contribution >= 0.6 is 0 Å². The molecule has 8 rings (SSSR count). The molecule has 0 radical (unpaired) electrons. The molecular weight excluding hydrogens is 871 g/mol. The predicted octanol–water partition coefficient (Wildman–Crippen LogP) is 12.9. The highest BCUT2D eigenvalue weighted by Gasteiger charge is 2.69. The van der Waals surface area contributed by atoms with Crippen molar-refractivity contribution in [2.24, 2.45) is 56.2 Å². The summed E-state index contributed by atoms with van der Waals surface area (Å²) in [6, 6.07) is 10.3. The van der Waals surface area contributed by atoms with E-state index in [1.165, 1.54) is 16.7 Å². The minimum absolute atomic E-state index is 0.0323. The summed E-state index contributed by atoms with van der Waals surface area (Å²) in [5, 5.41) is 0. The van der Waals surface area contributed by atoms with Gasteiger partial charge in [0.1, 0.15) is 5.76 Å². The number of allylic oxidation sites excluding steroid dienone is 7. The highest BCUT2D eigenvalue weighted by Crippen LogP contribution is 2.77. The normalized spacial score (nSPS) is 37.0. The number of halogens is 4. The molecule has 0 amide bonds. The van der Waals surface area contributed by atoms with Crippen molar-refractivity contribution in [1.82, 2.24) is 4.90 Å². The fraction of sp³-hybridized carbons (Fsp3) is 0.736. The van der Waals surface area contributed by atoms with Crippen LogP contribution in [0.15, 0.2) is 76.6 Å². The van der Waals surface area contributed by atoms with Crippen molar-refractivity contribution in [3.05, 3.63) is 82.2 Å². The van der Waals surface area contributed by atoms with Crippen molar-refractivity contribution in [2.75, 3.05) is 37.8 Å². The lowest BCUT2D eigenvalue weighted by Gasteiger charge is -2.71. The summed E-state index contributed by atoms with van der Waals surface area (Å²) in [5.74, 6) is 0.942. The second-order valence-electron chi connectivity index (χ2n) is 23.3. The van der Waals surface area contributed by atoms with Crippen LogP contribution in [0.2, 0.25) is 0 Å². The quantitative estimate of drug-likeness (QED) is 0.0848. The lowest BCUT2D eigenvalue weighted by Crippen LogP contribution is -2.64. The Kier molecular flexibility index (Phi) is 13.0. The molecule has 1 aromatic rings. The molecule has 12 heteroatoms. The Morgan fingerprint density at radius 1 is 0.846 bits per heavy atom. The van der Waals surface area contributed by atoms with E-state index in [0.717, 1.165) is 102 Å². The minimum Gasteiger partial charge on any atom is -0.376 e. The van der Waals surface area contributed by atoms with Gasteiger partial charge in [0.15, 0.2) is 9.84 Å². The molecule has 6 nitrogen and oxygen atoms in total. The summed E-state index contributed by atoms with van der Waals surface area (Å²) in [7, 11) is -8.85. The monoisotopic (exact) mass is 946 g/mol. The topological polar surface area (TPSA) is 80.8 Å². The molecular formula is C53H75F4NO5S2. The van der Waals surface area contributed by atoms with Gasteiger partial charge in [-0.25, -0.2) is 8.42 Å². The molecule has 65 heavy (non-hydrogen) atoms. The molecule has 4 fully saturated rings. The van der Waals surface area contributed by atoms with E-state index in [1.54, 1.807) is 6.08 Å². The Bertz CT molecular complexity index is 2320. The number of benzene rings is 1. The van der Waals surface area contributed by atoms with Gasteiger partial charge in [-0.1, -0.05) is 104 Å². The number of nitrogens with zero attached hydrogens (tertiary/aromatic N) is 1. The Morgan fingerprint density at radius 2 is 1.55 bits per heavy atom. The molecule has 0 N–H and O–H groups in total. The van der Waals surface area contributed by atoms with Crippen molar-refractivity contribution < 1.29 is 38.6 Å². The molecule has 0 spiro atoms. The van der Waals surface area contributed by atoms with Crippen LogP contribution in [0, 0.1) is 56.2 Å². The third-order valence-electron chi connectivity index (χ3n) is 19.2. The summed E-state index contributed by atoms with van der Waals surface area (Å²) in [6.45, 7) is 17.9. The summed E-state index contributed by atoms with van der Waals surface area (Å²) in [6.07, 6.45) is 19.9. The van der Waals surface area contributed by atoms with Gasteiger partial charge in [0, 0.05) is 23.9 Å².